The fourth-order valence-corrected chi connectivity index (χ4v) is 3.13. The van der Waals surface area contributed by atoms with Crippen LogP contribution in [0.5, 0.6) is 0 Å². The predicted molar refractivity (Wildman–Crippen MR) is 92.1 cm³/mol. The van der Waals surface area contributed by atoms with E-state index in [1.165, 1.54) is 5.56 Å². The Hall–Kier alpha value is -1.59. The van der Waals surface area contributed by atoms with Gasteiger partial charge in [-0.15, -0.1) is 0 Å². The Morgan fingerprint density at radius 3 is 2.78 bits per heavy atom. The monoisotopic (exact) mass is 319 g/mol. The molecule has 1 fully saturated rings. The molecule has 1 heterocycles. The lowest BCUT2D eigenvalue weighted by Gasteiger charge is -2.37. The highest BCUT2D eigenvalue weighted by Gasteiger charge is 2.27. The van der Waals surface area contributed by atoms with E-state index in [9.17, 15) is 4.79 Å². The normalized spacial score (nSPS) is 23.3. The number of aliphatic hydroxyl groups excluding tert-OH is 1. The molecule has 2 unspecified atom stereocenters. The summed E-state index contributed by atoms with van der Waals surface area (Å²) in [6.07, 6.45) is 1.55. The van der Waals surface area contributed by atoms with Crippen molar-refractivity contribution in [3.8, 4) is 0 Å². The van der Waals surface area contributed by atoms with E-state index in [0.29, 0.717) is 12.3 Å². The van der Waals surface area contributed by atoms with Gasteiger partial charge < -0.3 is 15.7 Å². The van der Waals surface area contributed by atoms with Crippen LogP contribution in [-0.4, -0.2) is 47.8 Å². The fourth-order valence-electron chi connectivity index (χ4n) is 3.13. The number of nitrogens with one attached hydrogen (secondary N) is 2. The summed E-state index contributed by atoms with van der Waals surface area (Å²) in [6.45, 7) is 7.15. The number of nitrogens with zero attached hydrogens (tertiary/aromatic N) is 1. The fraction of sp³-hybridized carbons (Fsp3) is 0.611. The topological polar surface area (TPSA) is 64.6 Å². The van der Waals surface area contributed by atoms with Gasteiger partial charge in [-0.1, -0.05) is 37.3 Å². The van der Waals surface area contributed by atoms with Crippen LogP contribution in [0.1, 0.15) is 32.3 Å². The molecule has 0 aromatic heterocycles. The minimum Gasteiger partial charge on any atom is -0.396 e. The van der Waals surface area contributed by atoms with Gasteiger partial charge in [0, 0.05) is 38.3 Å². The Balaban J connectivity index is 1.76. The zero-order chi connectivity index (χ0) is 16.7. The molecule has 1 saturated heterocycles. The van der Waals surface area contributed by atoms with Crippen LogP contribution >= 0.6 is 0 Å². The lowest BCUT2D eigenvalue weighted by molar-refractivity contribution is 0.141. The summed E-state index contributed by atoms with van der Waals surface area (Å²) in [5.41, 5.74) is 1.33. The molecule has 0 bridgehead atoms. The van der Waals surface area contributed by atoms with E-state index in [1.807, 2.05) is 13.0 Å². The number of carbonyl (C=O) groups excluding carboxylic acids is 1. The van der Waals surface area contributed by atoms with Gasteiger partial charge in [0.15, 0.2) is 0 Å². The number of amides is 2. The van der Waals surface area contributed by atoms with E-state index in [1.54, 1.807) is 0 Å². The summed E-state index contributed by atoms with van der Waals surface area (Å²) in [7, 11) is 0. The number of urea groups is 1. The lowest BCUT2D eigenvalue weighted by Crippen LogP contribution is -2.53. The summed E-state index contributed by atoms with van der Waals surface area (Å²) in [5.74, 6) is 0.423. The van der Waals surface area contributed by atoms with Gasteiger partial charge in [-0.3, -0.25) is 4.90 Å². The molecule has 0 saturated carbocycles. The van der Waals surface area contributed by atoms with E-state index >= 15 is 0 Å². The van der Waals surface area contributed by atoms with Gasteiger partial charge in [-0.2, -0.15) is 0 Å². The number of benzene rings is 1. The molecule has 2 rings (SSSR count). The molecule has 1 aromatic rings. The van der Waals surface area contributed by atoms with Crippen molar-refractivity contribution < 1.29 is 9.90 Å². The van der Waals surface area contributed by atoms with Crippen molar-refractivity contribution in [3.05, 3.63) is 35.9 Å². The highest BCUT2D eigenvalue weighted by Crippen LogP contribution is 2.19. The molecular formula is C18H29N3O2. The molecule has 128 valence electrons. The number of hydrogen-bond acceptors (Lipinski definition) is 3. The van der Waals surface area contributed by atoms with Gasteiger partial charge in [0.1, 0.15) is 0 Å². The summed E-state index contributed by atoms with van der Waals surface area (Å²) in [4.78, 5) is 14.4. The molecular weight excluding hydrogens is 290 g/mol. The molecule has 3 atom stereocenters. The highest BCUT2D eigenvalue weighted by molar-refractivity contribution is 5.74. The Morgan fingerprint density at radius 2 is 2.13 bits per heavy atom. The van der Waals surface area contributed by atoms with Gasteiger partial charge in [-0.05, 0) is 31.2 Å². The molecule has 3 N–H and O–H groups in total. The van der Waals surface area contributed by atoms with Crippen LogP contribution in [0, 0.1) is 5.92 Å². The number of rotatable bonds is 6. The van der Waals surface area contributed by atoms with Crippen LogP contribution in [0.25, 0.3) is 0 Å². The molecule has 2 amide bonds. The maximum atomic E-state index is 12.0. The first-order valence-electron chi connectivity index (χ1n) is 8.52. The van der Waals surface area contributed by atoms with Crippen molar-refractivity contribution in [2.75, 3.05) is 19.7 Å². The zero-order valence-electron chi connectivity index (χ0n) is 14.2. The quantitative estimate of drug-likeness (QED) is 0.751. The van der Waals surface area contributed by atoms with Crippen LogP contribution in [0.15, 0.2) is 30.3 Å². The van der Waals surface area contributed by atoms with Crippen molar-refractivity contribution in [3.63, 3.8) is 0 Å². The van der Waals surface area contributed by atoms with Gasteiger partial charge in [0.05, 0.1) is 0 Å². The van der Waals surface area contributed by atoms with Crippen LogP contribution < -0.4 is 10.6 Å². The molecule has 0 radical (unpaired) electrons. The lowest BCUT2D eigenvalue weighted by atomic mass is 9.93. The Labute approximate surface area is 139 Å². The third-order valence-corrected chi connectivity index (χ3v) is 4.49. The number of likely N-dealkylation sites (tertiary alicyclic amines) is 1. The van der Waals surface area contributed by atoms with E-state index < -0.39 is 0 Å². The second-order valence-corrected chi connectivity index (χ2v) is 6.62. The standard InChI is InChI=1S/C18H29N3O2/c1-14-12-21(13-16-6-4-3-5-7-16)10-8-17(14)20-18(23)19-15(2)9-11-22/h3-7,14-15,17,22H,8-13H2,1-2H3,(H2,19,20,23)/t14?,15-,17?/m1/s1. The number of hydrogen-bond donors (Lipinski definition) is 3. The van der Waals surface area contributed by atoms with E-state index in [0.717, 1.165) is 26.1 Å². The number of piperidine rings is 1. The van der Waals surface area contributed by atoms with Gasteiger partial charge in [-0.25, -0.2) is 4.79 Å². The van der Waals surface area contributed by atoms with E-state index in [2.05, 4.69) is 46.7 Å². The molecule has 1 aliphatic rings. The average Bonchev–Trinajstić information content (AvgIpc) is 2.51. The third-order valence-electron chi connectivity index (χ3n) is 4.49. The first kappa shape index (κ1) is 17.8. The van der Waals surface area contributed by atoms with Crippen LogP contribution in [0.3, 0.4) is 0 Å². The van der Waals surface area contributed by atoms with E-state index in [-0.39, 0.29) is 24.7 Å². The van der Waals surface area contributed by atoms with Gasteiger partial charge >= 0.3 is 6.03 Å². The largest absolute Gasteiger partial charge is 0.396 e. The predicted octanol–water partition coefficient (Wildman–Crippen LogP) is 1.97. The number of aliphatic hydroxyl groups is 1. The summed E-state index contributed by atoms with van der Waals surface area (Å²) >= 11 is 0. The van der Waals surface area contributed by atoms with Crippen molar-refractivity contribution in [2.45, 2.75) is 45.3 Å². The van der Waals surface area contributed by atoms with Gasteiger partial charge in [0.25, 0.3) is 0 Å². The third kappa shape index (κ3) is 5.84. The second kappa shape index (κ2) is 8.89. The molecule has 1 aliphatic heterocycles. The molecule has 5 nitrogen and oxygen atoms in total. The molecule has 0 spiro atoms. The van der Waals surface area contributed by atoms with Crippen molar-refractivity contribution in [1.82, 2.24) is 15.5 Å². The average molecular weight is 319 g/mol. The maximum Gasteiger partial charge on any atom is 0.315 e. The molecule has 1 aromatic carbocycles. The van der Waals surface area contributed by atoms with Crippen LogP contribution in [0.2, 0.25) is 0 Å². The number of carbonyl (C=O) groups is 1. The first-order valence-corrected chi connectivity index (χ1v) is 8.52. The molecule has 0 aliphatic carbocycles. The maximum absolute atomic E-state index is 12.0. The van der Waals surface area contributed by atoms with E-state index in [4.69, 9.17) is 5.11 Å². The highest BCUT2D eigenvalue weighted by atomic mass is 16.3. The van der Waals surface area contributed by atoms with Crippen LogP contribution in [0.4, 0.5) is 4.79 Å². The summed E-state index contributed by atoms with van der Waals surface area (Å²) in [6, 6.07) is 10.6. The minimum atomic E-state index is -0.126. The second-order valence-electron chi connectivity index (χ2n) is 6.62. The van der Waals surface area contributed by atoms with Crippen LogP contribution in [-0.2, 0) is 6.54 Å². The summed E-state index contributed by atoms with van der Waals surface area (Å²) in [5, 5.41) is 14.8. The van der Waals surface area contributed by atoms with Gasteiger partial charge in [0.2, 0.25) is 0 Å². The van der Waals surface area contributed by atoms with Crippen molar-refractivity contribution in [2.24, 2.45) is 5.92 Å². The first-order chi connectivity index (χ1) is 11.1. The zero-order valence-corrected chi connectivity index (χ0v) is 14.2. The van der Waals surface area contributed by atoms with Crippen molar-refractivity contribution in [1.29, 1.82) is 0 Å². The van der Waals surface area contributed by atoms with Crippen molar-refractivity contribution >= 4 is 6.03 Å². The Bertz CT molecular complexity index is 480. The smallest absolute Gasteiger partial charge is 0.315 e. The Morgan fingerprint density at radius 1 is 1.39 bits per heavy atom. The molecule has 5 heteroatoms. The Kier molecular flexibility index (Phi) is 6.86. The SMILES string of the molecule is CC1CN(Cc2ccccc2)CCC1NC(=O)N[C@H](C)CCO. The molecule has 23 heavy (non-hydrogen) atoms. The minimum absolute atomic E-state index is 0.00604. The summed E-state index contributed by atoms with van der Waals surface area (Å²) < 4.78 is 0.